The molecule has 2 unspecified atom stereocenters. The van der Waals surface area contributed by atoms with Crippen molar-refractivity contribution in [3.8, 4) is 0 Å². The van der Waals surface area contributed by atoms with Crippen LogP contribution in [-0.4, -0.2) is 32.3 Å². The van der Waals surface area contributed by atoms with Crippen LogP contribution >= 0.6 is 0 Å². The minimum absolute atomic E-state index is 0.178. The zero-order chi connectivity index (χ0) is 13.3. The Balaban J connectivity index is 1.90. The predicted molar refractivity (Wildman–Crippen MR) is 67.3 cm³/mol. The average molecular weight is 269 g/mol. The first kappa shape index (κ1) is 12.9. The van der Waals surface area contributed by atoms with Gasteiger partial charge in [-0.15, -0.1) is 0 Å². The highest BCUT2D eigenvalue weighted by atomic mass is 32.2. The zero-order valence-electron chi connectivity index (χ0n) is 9.96. The lowest BCUT2D eigenvalue weighted by Crippen LogP contribution is -2.08. The van der Waals surface area contributed by atoms with Crippen molar-refractivity contribution in [3.63, 3.8) is 0 Å². The molecule has 0 spiro atoms. The fourth-order valence-electron chi connectivity index (χ4n) is 1.84. The number of hydrogen-bond donors (Lipinski definition) is 2. The number of anilines is 1. The zero-order valence-corrected chi connectivity index (χ0v) is 10.8. The second kappa shape index (κ2) is 4.61. The molecular formula is C12H15NO4S. The molecule has 1 aliphatic rings. The first-order valence-electron chi connectivity index (χ1n) is 5.65. The third-order valence-electron chi connectivity index (χ3n) is 3.09. The van der Waals surface area contributed by atoms with Crippen LogP contribution in [-0.2, 0) is 14.6 Å². The summed E-state index contributed by atoms with van der Waals surface area (Å²) in [6.07, 6.45) is 1.88. The Morgan fingerprint density at radius 1 is 1.39 bits per heavy atom. The molecule has 0 heterocycles. The summed E-state index contributed by atoms with van der Waals surface area (Å²) in [5.74, 6) is -0.792. The maximum Gasteiger partial charge on any atom is 0.306 e. The molecule has 0 radical (unpaired) electrons. The highest BCUT2D eigenvalue weighted by molar-refractivity contribution is 7.90. The lowest BCUT2D eigenvalue weighted by molar-refractivity contribution is -0.138. The second-order valence-corrected chi connectivity index (χ2v) is 6.63. The quantitative estimate of drug-likeness (QED) is 0.839. The van der Waals surface area contributed by atoms with Crippen molar-refractivity contribution in [2.45, 2.75) is 11.3 Å². The normalized spacial score (nSPS) is 22.5. The average Bonchev–Trinajstić information content (AvgIpc) is 3.05. The first-order chi connectivity index (χ1) is 8.38. The van der Waals surface area contributed by atoms with E-state index in [1.807, 2.05) is 0 Å². The topological polar surface area (TPSA) is 83.5 Å². The molecule has 0 aliphatic heterocycles. The van der Waals surface area contributed by atoms with E-state index in [1.165, 1.54) is 0 Å². The molecular weight excluding hydrogens is 254 g/mol. The second-order valence-electron chi connectivity index (χ2n) is 4.62. The van der Waals surface area contributed by atoms with Crippen molar-refractivity contribution in [2.75, 3.05) is 18.1 Å². The van der Waals surface area contributed by atoms with Gasteiger partial charge in [0.15, 0.2) is 9.84 Å². The minimum atomic E-state index is -3.16. The number of aliphatic carboxylic acids is 1. The van der Waals surface area contributed by atoms with E-state index in [1.54, 1.807) is 24.3 Å². The van der Waals surface area contributed by atoms with Crippen molar-refractivity contribution in [2.24, 2.45) is 11.8 Å². The maximum absolute atomic E-state index is 11.3. The van der Waals surface area contributed by atoms with Gasteiger partial charge in [-0.2, -0.15) is 0 Å². The van der Waals surface area contributed by atoms with Gasteiger partial charge in [0.05, 0.1) is 10.8 Å². The molecule has 0 saturated heterocycles. The Bertz CT molecular complexity index is 550. The minimum Gasteiger partial charge on any atom is -0.481 e. The maximum atomic E-state index is 11.3. The summed E-state index contributed by atoms with van der Waals surface area (Å²) in [6.45, 7) is 0.606. The van der Waals surface area contributed by atoms with Crippen molar-refractivity contribution in [3.05, 3.63) is 24.3 Å². The van der Waals surface area contributed by atoms with Crippen LogP contribution in [0.4, 0.5) is 5.69 Å². The summed E-state index contributed by atoms with van der Waals surface area (Å²) in [5, 5.41) is 11.9. The molecule has 18 heavy (non-hydrogen) atoms. The molecule has 2 rings (SSSR count). The monoisotopic (exact) mass is 269 g/mol. The third kappa shape index (κ3) is 3.01. The van der Waals surface area contributed by atoms with Gasteiger partial charge in [0, 0.05) is 18.5 Å². The van der Waals surface area contributed by atoms with Gasteiger partial charge < -0.3 is 10.4 Å². The third-order valence-corrected chi connectivity index (χ3v) is 4.22. The number of benzene rings is 1. The van der Waals surface area contributed by atoms with E-state index in [0.29, 0.717) is 13.0 Å². The smallest absolute Gasteiger partial charge is 0.306 e. The van der Waals surface area contributed by atoms with Crippen LogP contribution in [0.1, 0.15) is 6.42 Å². The molecule has 0 bridgehead atoms. The SMILES string of the molecule is CS(=O)(=O)c1ccc(NCC2CC2C(=O)O)cc1. The number of nitrogens with one attached hydrogen (secondary N) is 1. The molecule has 98 valence electrons. The van der Waals surface area contributed by atoms with Gasteiger partial charge in [0.25, 0.3) is 0 Å². The fraction of sp³-hybridized carbons (Fsp3) is 0.417. The van der Waals surface area contributed by atoms with E-state index in [9.17, 15) is 13.2 Å². The molecule has 0 aromatic heterocycles. The van der Waals surface area contributed by atoms with Gasteiger partial charge in [0.2, 0.25) is 0 Å². The fourth-order valence-corrected chi connectivity index (χ4v) is 2.48. The van der Waals surface area contributed by atoms with Gasteiger partial charge in [0.1, 0.15) is 0 Å². The van der Waals surface area contributed by atoms with Gasteiger partial charge in [-0.1, -0.05) is 0 Å². The molecule has 1 aromatic rings. The molecule has 1 fully saturated rings. The van der Waals surface area contributed by atoms with E-state index < -0.39 is 15.8 Å². The molecule has 1 aromatic carbocycles. The molecule has 1 aliphatic carbocycles. The molecule has 2 N–H and O–H groups in total. The summed E-state index contributed by atoms with van der Waals surface area (Å²) in [7, 11) is -3.16. The van der Waals surface area contributed by atoms with Crippen molar-refractivity contribution in [1.82, 2.24) is 0 Å². The van der Waals surface area contributed by atoms with Gasteiger partial charge in [-0.25, -0.2) is 8.42 Å². The number of carboxylic acid groups (broad SMARTS) is 1. The molecule has 0 amide bonds. The molecule has 2 atom stereocenters. The lowest BCUT2D eigenvalue weighted by Gasteiger charge is -2.06. The van der Waals surface area contributed by atoms with Crippen LogP contribution in [0.3, 0.4) is 0 Å². The summed E-state index contributed by atoms with van der Waals surface area (Å²) in [4.78, 5) is 10.9. The number of rotatable bonds is 5. The standard InChI is InChI=1S/C12H15NO4S/c1-18(16,17)10-4-2-9(3-5-10)13-7-8-6-11(8)12(14)15/h2-5,8,11,13H,6-7H2,1H3,(H,14,15). The van der Waals surface area contributed by atoms with Gasteiger partial charge in [-0.3, -0.25) is 4.79 Å². The summed E-state index contributed by atoms with van der Waals surface area (Å²) in [5.41, 5.74) is 0.804. The predicted octanol–water partition coefficient (Wildman–Crippen LogP) is 1.22. The van der Waals surface area contributed by atoms with E-state index >= 15 is 0 Å². The number of carbonyl (C=O) groups is 1. The highest BCUT2D eigenvalue weighted by Gasteiger charge is 2.42. The Hall–Kier alpha value is -1.56. The van der Waals surface area contributed by atoms with E-state index in [2.05, 4.69) is 5.32 Å². The molecule has 1 saturated carbocycles. The Labute approximate surface area is 106 Å². The Kier molecular flexibility index (Phi) is 3.30. The molecule has 5 nitrogen and oxygen atoms in total. The van der Waals surface area contributed by atoms with Crippen LogP contribution in [0.2, 0.25) is 0 Å². The van der Waals surface area contributed by atoms with Crippen LogP contribution in [0.5, 0.6) is 0 Å². The Morgan fingerprint density at radius 2 is 2.00 bits per heavy atom. The van der Waals surface area contributed by atoms with Crippen LogP contribution < -0.4 is 5.32 Å². The highest BCUT2D eigenvalue weighted by Crippen LogP contribution is 2.38. The van der Waals surface area contributed by atoms with Crippen LogP contribution in [0, 0.1) is 11.8 Å². The van der Waals surface area contributed by atoms with Gasteiger partial charge >= 0.3 is 5.97 Å². The van der Waals surface area contributed by atoms with E-state index in [4.69, 9.17) is 5.11 Å². The van der Waals surface area contributed by atoms with Crippen LogP contribution in [0.15, 0.2) is 29.2 Å². The number of carboxylic acids is 1. The van der Waals surface area contributed by atoms with Crippen molar-refractivity contribution in [1.29, 1.82) is 0 Å². The van der Waals surface area contributed by atoms with E-state index in [-0.39, 0.29) is 16.7 Å². The molecule has 6 heteroatoms. The summed E-state index contributed by atoms with van der Waals surface area (Å²) < 4.78 is 22.5. The van der Waals surface area contributed by atoms with E-state index in [0.717, 1.165) is 11.9 Å². The summed E-state index contributed by atoms with van der Waals surface area (Å²) in [6, 6.07) is 6.46. The number of sulfone groups is 1. The first-order valence-corrected chi connectivity index (χ1v) is 7.54. The van der Waals surface area contributed by atoms with Gasteiger partial charge in [-0.05, 0) is 36.6 Å². The van der Waals surface area contributed by atoms with Crippen LogP contribution in [0.25, 0.3) is 0 Å². The lowest BCUT2D eigenvalue weighted by atomic mass is 10.3. The van der Waals surface area contributed by atoms with Crippen molar-refractivity contribution >= 4 is 21.5 Å². The Morgan fingerprint density at radius 3 is 2.44 bits per heavy atom. The number of hydrogen-bond acceptors (Lipinski definition) is 4. The summed E-state index contributed by atoms with van der Waals surface area (Å²) >= 11 is 0. The largest absolute Gasteiger partial charge is 0.481 e. The van der Waals surface area contributed by atoms with Crippen molar-refractivity contribution < 1.29 is 18.3 Å².